The maximum atomic E-state index is 13.9. The Morgan fingerprint density at radius 3 is 2.56 bits per heavy atom. The average Bonchev–Trinajstić information content (AvgIpc) is 3.37. The molecular weight excluding hydrogens is 593 g/mol. The number of aromatic nitrogens is 4. The summed E-state index contributed by atoms with van der Waals surface area (Å²) >= 11 is 0. The molecule has 0 spiro atoms. The van der Waals surface area contributed by atoms with Crippen molar-refractivity contribution in [2.75, 3.05) is 6.61 Å². The fourth-order valence-electron chi connectivity index (χ4n) is 4.60. The van der Waals surface area contributed by atoms with Gasteiger partial charge in [-0.15, -0.1) is 0 Å². The number of imidazole rings is 1. The summed E-state index contributed by atoms with van der Waals surface area (Å²) in [5.74, 6) is -5.15. The topological polar surface area (TPSA) is 131 Å². The van der Waals surface area contributed by atoms with Crippen molar-refractivity contribution in [3.63, 3.8) is 0 Å². The highest BCUT2D eigenvalue weighted by Crippen LogP contribution is 2.41. The smallest absolute Gasteiger partial charge is 0.389 e. The highest BCUT2D eigenvalue weighted by Gasteiger charge is 2.39. The second-order valence-electron chi connectivity index (χ2n) is 10.1. The maximum Gasteiger partial charge on any atom is 0.389 e. The predicted octanol–water partition coefficient (Wildman–Crippen LogP) is 4.51. The quantitative estimate of drug-likeness (QED) is 0.212. The molecule has 0 radical (unpaired) electrons. The van der Waals surface area contributed by atoms with Crippen molar-refractivity contribution in [3.05, 3.63) is 53.7 Å². The number of fused-ring (bicyclic) bond motifs is 1. The Morgan fingerprint density at radius 1 is 1.16 bits per heavy atom. The molecule has 3 aromatic heterocycles. The van der Waals surface area contributed by atoms with Gasteiger partial charge in [0, 0.05) is 37.1 Å². The van der Waals surface area contributed by atoms with E-state index in [1.54, 1.807) is 0 Å². The second kappa shape index (κ2) is 13.1. The summed E-state index contributed by atoms with van der Waals surface area (Å²) in [5.41, 5.74) is 0.179. The predicted molar refractivity (Wildman–Crippen MR) is 134 cm³/mol. The van der Waals surface area contributed by atoms with E-state index >= 15 is 0 Å². The maximum absolute atomic E-state index is 13.9. The van der Waals surface area contributed by atoms with E-state index in [2.05, 4.69) is 20.4 Å². The summed E-state index contributed by atoms with van der Waals surface area (Å²) in [7, 11) is 0. The van der Waals surface area contributed by atoms with Gasteiger partial charge >= 0.3 is 6.18 Å². The average molecular weight is 621 g/mol. The van der Waals surface area contributed by atoms with Crippen LogP contribution in [0.4, 0.5) is 30.7 Å². The molecule has 17 heteroatoms. The summed E-state index contributed by atoms with van der Waals surface area (Å²) < 4.78 is 96.3. The Labute approximate surface area is 239 Å². The van der Waals surface area contributed by atoms with Gasteiger partial charge in [-0.25, -0.2) is 27.1 Å². The molecule has 0 unspecified atom stereocenters. The van der Waals surface area contributed by atoms with Crippen LogP contribution in [-0.4, -0.2) is 61.6 Å². The van der Waals surface area contributed by atoms with E-state index in [1.807, 2.05) is 5.32 Å². The standard InChI is InChI=1S/C26H27F7N6O4/c27-19(28)13-43-16-4-8-34-17(10-16)24(42)38-22(14-1-5-25(29,30)6-2-14)18-12-39-20(36-18)9-15(11-35-39)23(41)37-21(40)3-7-26(31,32)33/h4,8-12,14,19,22-23,41H,1-3,5-7,13H2,(H,37,40)(H,38,42)/t22-,23+/m0/s1. The zero-order valence-electron chi connectivity index (χ0n) is 22.3. The van der Waals surface area contributed by atoms with Gasteiger partial charge < -0.3 is 20.5 Å². The number of hydrogen-bond acceptors (Lipinski definition) is 7. The number of rotatable bonds is 11. The molecule has 3 N–H and O–H groups in total. The summed E-state index contributed by atoms with van der Waals surface area (Å²) in [6.45, 7) is -0.897. The fourth-order valence-corrected chi connectivity index (χ4v) is 4.60. The van der Waals surface area contributed by atoms with Crippen LogP contribution in [0, 0.1) is 5.92 Å². The molecule has 3 heterocycles. The molecule has 0 bridgehead atoms. The van der Waals surface area contributed by atoms with Crippen molar-refractivity contribution < 1.29 is 50.2 Å². The third-order valence-electron chi connectivity index (χ3n) is 6.79. The summed E-state index contributed by atoms with van der Waals surface area (Å²) in [6, 6.07) is 2.85. The van der Waals surface area contributed by atoms with Crippen LogP contribution in [0.15, 0.2) is 36.8 Å². The number of halogens is 7. The van der Waals surface area contributed by atoms with E-state index in [-0.39, 0.29) is 41.2 Å². The molecule has 3 aromatic rings. The second-order valence-corrected chi connectivity index (χ2v) is 10.1. The van der Waals surface area contributed by atoms with Gasteiger partial charge in [-0.2, -0.15) is 18.3 Å². The summed E-state index contributed by atoms with van der Waals surface area (Å²) in [4.78, 5) is 33.3. The molecule has 1 aliphatic carbocycles. The van der Waals surface area contributed by atoms with Crippen molar-refractivity contribution >= 4 is 17.5 Å². The molecule has 2 amide bonds. The first-order valence-corrected chi connectivity index (χ1v) is 13.1. The lowest BCUT2D eigenvalue weighted by Crippen LogP contribution is -2.37. The first kappa shape index (κ1) is 31.9. The van der Waals surface area contributed by atoms with E-state index in [9.17, 15) is 45.4 Å². The molecule has 234 valence electrons. The summed E-state index contributed by atoms with van der Waals surface area (Å²) in [6.07, 6.45) is -8.23. The van der Waals surface area contributed by atoms with Gasteiger partial charge in [-0.3, -0.25) is 14.6 Å². The number of nitrogens with zero attached hydrogens (tertiary/aromatic N) is 4. The number of hydrogen-bond donors (Lipinski definition) is 3. The molecule has 0 aromatic carbocycles. The number of carbonyl (C=O) groups excluding carboxylic acids is 2. The van der Waals surface area contributed by atoms with Gasteiger partial charge in [0.25, 0.3) is 12.3 Å². The Hall–Kier alpha value is -4.02. The van der Waals surface area contributed by atoms with Crippen molar-refractivity contribution in [3.8, 4) is 5.75 Å². The SMILES string of the molecule is O=C(CCC(F)(F)F)N[C@H](O)c1cnn2cc([C@@H](NC(=O)c3cc(OCC(F)F)ccn3)C3CCC(F)(F)CC3)nc2c1. The number of pyridine rings is 1. The van der Waals surface area contributed by atoms with Crippen molar-refractivity contribution in [2.45, 2.75) is 69.3 Å². The van der Waals surface area contributed by atoms with E-state index in [1.165, 1.54) is 29.0 Å². The third kappa shape index (κ3) is 8.98. The van der Waals surface area contributed by atoms with Crippen LogP contribution in [0.2, 0.25) is 0 Å². The van der Waals surface area contributed by atoms with Crippen LogP contribution in [0.5, 0.6) is 5.75 Å². The van der Waals surface area contributed by atoms with Gasteiger partial charge in [0.2, 0.25) is 11.8 Å². The van der Waals surface area contributed by atoms with Crippen LogP contribution in [0.25, 0.3) is 5.65 Å². The van der Waals surface area contributed by atoms with Gasteiger partial charge in [-0.1, -0.05) is 0 Å². The largest absolute Gasteiger partial charge is 0.488 e. The fraction of sp³-hybridized carbons (Fsp3) is 0.500. The molecule has 1 fully saturated rings. The molecule has 4 rings (SSSR count). The zero-order chi connectivity index (χ0) is 31.4. The molecule has 0 aliphatic heterocycles. The highest BCUT2D eigenvalue weighted by molar-refractivity contribution is 5.92. The van der Waals surface area contributed by atoms with E-state index < -0.39 is 80.8 Å². The number of nitrogens with one attached hydrogen (secondary N) is 2. The van der Waals surface area contributed by atoms with Gasteiger partial charge in [0.15, 0.2) is 11.9 Å². The lowest BCUT2D eigenvalue weighted by atomic mass is 9.81. The molecule has 10 nitrogen and oxygen atoms in total. The van der Waals surface area contributed by atoms with Crippen molar-refractivity contribution in [2.24, 2.45) is 5.92 Å². The number of aliphatic hydroxyl groups excluding tert-OH is 1. The summed E-state index contributed by atoms with van der Waals surface area (Å²) in [5, 5.41) is 19.2. The number of ether oxygens (including phenoxy) is 1. The van der Waals surface area contributed by atoms with Crippen LogP contribution >= 0.6 is 0 Å². The van der Waals surface area contributed by atoms with E-state index in [0.717, 1.165) is 12.3 Å². The number of alkyl halides is 7. The molecule has 43 heavy (non-hydrogen) atoms. The van der Waals surface area contributed by atoms with Gasteiger partial charge in [-0.05, 0) is 30.9 Å². The van der Waals surface area contributed by atoms with Crippen LogP contribution in [-0.2, 0) is 4.79 Å². The first-order chi connectivity index (χ1) is 20.2. The minimum absolute atomic E-state index is 0.00714. The third-order valence-corrected chi connectivity index (χ3v) is 6.79. The lowest BCUT2D eigenvalue weighted by molar-refractivity contribution is -0.145. The van der Waals surface area contributed by atoms with Crippen LogP contribution in [0.3, 0.4) is 0 Å². The Kier molecular flexibility index (Phi) is 9.72. The zero-order valence-corrected chi connectivity index (χ0v) is 22.3. The Bertz CT molecular complexity index is 1420. The van der Waals surface area contributed by atoms with Crippen molar-refractivity contribution in [1.29, 1.82) is 0 Å². The Morgan fingerprint density at radius 2 is 1.88 bits per heavy atom. The molecule has 0 saturated heterocycles. The number of carbonyl (C=O) groups is 2. The van der Waals surface area contributed by atoms with Crippen LogP contribution < -0.4 is 15.4 Å². The highest BCUT2D eigenvalue weighted by atomic mass is 19.4. The molecule has 2 atom stereocenters. The molecular formula is C26H27F7N6O4. The monoisotopic (exact) mass is 620 g/mol. The number of aliphatic hydroxyl groups is 1. The van der Waals surface area contributed by atoms with Crippen LogP contribution in [0.1, 0.15) is 72.5 Å². The molecule has 1 aliphatic rings. The normalized spacial score (nSPS) is 17.0. The van der Waals surface area contributed by atoms with Crippen molar-refractivity contribution in [1.82, 2.24) is 30.2 Å². The number of amides is 2. The van der Waals surface area contributed by atoms with E-state index in [4.69, 9.17) is 4.74 Å². The minimum Gasteiger partial charge on any atom is -0.488 e. The lowest BCUT2D eigenvalue weighted by Gasteiger charge is -2.33. The first-order valence-electron chi connectivity index (χ1n) is 13.1. The minimum atomic E-state index is -4.55. The van der Waals surface area contributed by atoms with E-state index in [0.29, 0.717) is 0 Å². The van der Waals surface area contributed by atoms with Gasteiger partial charge in [0.05, 0.1) is 30.6 Å². The van der Waals surface area contributed by atoms with Gasteiger partial charge in [0.1, 0.15) is 18.1 Å². The molecule has 1 saturated carbocycles. The Balaban J connectivity index is 1.55.